The predicted molar refractivity (Wildman–Crippen MR) is 138 cm³/mol. The molecule has 2 N–H and O–H groups in total. The molecule has 38 heavy (non-hydrogen) atoms. The van der Waals surface area contributed by atoms with Gasteiger partial charge in [0, 0.05) is 61.0 Å². The molecule has 0 saturated carbocycles. The highest BCUT2D eigenvalue weighted by molar-refractivity contribution is 7.99. The number of carbonyl (C=O) groups is 2. The molecule has 0 aliphatic carbocycles. The van der Waals surface area contributed by atoms with Gasteiger partial charge in [0.15, 0.2) is 5.65 Å². The summed E-state index contributed by atoms with van der Waals surface area (Å²) in [6.07, 6.45) is 6.05. The third-order valence-corrected chi connectivity index (χ3v) is 7.09. The van der Waals surface area contributed by atoms with Crippen LogP contribution < -0.4 is 15.4 Å². The first-order valence-electron chi connectivity index (χ1n) is 11.6. The van der Waals surface area contributed by atoms with Crippen LogP contribution in [0, 0.1) is 0 Å². The van der Waals surface area contributed by atoms with Crippen molar-refractivity contribution < 1.29 is 23.1 Å². The van der Waals surface area contributed by atoms with Gasteiger partial charge in [-0.2, -0.15) is 19.0 Å². The number of benzene rings is 1. The Bertz CT molecular complexity index is 1520. The number of nitrogens with one attached hydrogen (secondary N) is 2. The fourth-order valence-corrected chi connectivity index (χ4v) is 4.93. The van der Waals surface area contributed by atoms with Crippen LogP contribution in [-0.2, 0) is 11.3 Å². The van der Waals surface area contributed by atoms with E-state index in [4.69, 9.17) is 4.74 Å². The molecule has 0 radical (unpaired) electrons. The smallest absolute Gasteiger partial charge is 0.387 e. The average molecular weight is 543 g/mol. The van der Waals surface area contributed by atoms with Crippen molar-refractivity contribution in [2.45, 2.75) is 31.0 Å². The Labute approximate surface area is 220 Å². The van der Waals surface area contributed by atoms with Crippen molar-refractivity contribution in [3.63, 3.8) is 0 Å². The molecular formula is C24H24F2N8O3S. The molecule has 11 nitrogen and oxygen atoms in total. The Balaban J connectivity index is 1.59. The fraction of sp³-hybridized carbons (Fsp3) is 0.292. The number of hydrogen-bond donors (Lipinski definition) is 2. The van der Waals surface area contributed by atoms with Gasteiger partial charge >= 0.3 is 6.61 Å². The van der Waals surface area contributed by atoms with Crippen molar-refractivity contribution in [3.8, 4) is 17.0 Å². The van der Waals surface area contributed by atoms with Gasteiger partial charge in [0.2, 0.25) is 5.91 Å². The molecule has 1 aliphatic heterocycles. The van der Waals surface area contributed by atoms with E-state index in [0.717, 1.165) is 10.6 Å². The molecule has 1 aliphatic rings. The van der Waals surface area contributed by atoms with Gasteiger partial charge in [-0.05, 0) is 19.1 Å². The molecule has 0 fully saturated rings. The Morgan fingerprint density at radius 2 is 2.16 bits per heavy atom. The van der Waals surface area contributed by atoms with E-state index in [0.29, 0.717) is 11.3 Å². The number of carbonyl (C=O) groups excluding carboxylic acids is 2. The third-order valence-electron chi connectivity index (χ3n) is 5.77. The summed E-state index contributed by atoms with van der Waals surface area (Å²) in [5.41, 5.74) is 1.84. The number of fused-ring (bicyclic) bond motifs is 2. The van der Waals surface area contributed by atoms with Gasteiger partial charge in [-0.1, -0.05) is 0 Å². The number of rotatable bonds is 7. The third kappa shape index (κ3) is 5.11. The Morgan fingerprint density at radius 3 is 2.92 bits per heavy atom. The lowest BCUT2D eigenvalue weighted by molar-refractivity contribution is -0.129. The van der Waals surface area contributed by atoms with Crippen LogP contribution >= 0.6 is 11.8 Å². The molecule has 1 unspecified atom stereocenters. The van der Waals surface area contributed by atoms with Gasteiger partial charge in [0.25, 0.3) is 5.91 Å². The van der Waals surface area contributed by atoms with Crippen LogP contribution in [0.1, 0.15) is 17.3 Å². The number of halogens is 2. The molecule has 3 aromatic heterocycles. The second kappa shape index (κ2) is 10.3. The number of hydrogen-bond acceptors (Lipinski definition) is 8. The maximum atomic E-state index is 13.4. The number of amides is 2. The number of likely N-dealkylation sites (N-methyl/N-ethyl adjacent to an activating group) is 1. The van der Waals surface area contributed by atoms with E-state index in [-0.39, 0.29) is 46.8 Å². The molecule has 2 amide bonds. The summed E-state index contributed by atoms with van der Waals surface area (Å²) in [7, 11) is 3.22. The van der Waals surface area contributed by atoms with Crippen LogP contribution in [0.5, 0.6) is 5.75 Å². The maximum Gasteiger partial charge on any atom is 0.387 e. The zero-order chi connectivity index (χ0) is 27.0. The number of alkyl halides is 2. The summed E-state index contributed by atoms with van der Waals surface area (Å²) in [6.45, 7) is -1.22. The second-order valence-electron chi connectivity index (χ2n) is 8.86. The molecule has 5 rings (SSSR count). The first-order chi connectivity index (χ1) is 18.2. The normalized spacial score (nSPS) is 14.7. The highest BCUT2D eigenvalue weighted by Gasteiger charge is 2.26. The van der Waals surface area contributed by atoms with Crippen molar-refractivity contribution in [3.05, 3.63) is 48.5 Å². The van der Waals surface area contributed by atoms with E-state index in [1.54, 1.807) is 44.2 Å². The van der Waals surface area contributed by atoms with Gasteiger partial charge in [0.1, 0.15) is 23.6 Å². The SMILES string of the molecule is CC1CSc2cc(-c3nn(CC(=O)N(C)C)cc3NC(=O)c3cnn4cccnc34)c(OC(F)F)cc2N1. The summed E-state index contributed by atoms with van der Waals surface area (Å²) in [4.78, 5) is 32.1. The molecular weight excluding hydrogens is 518 g/mol. The molecule has 0 bridgehead atoms. The van der Waals surface area contributed by atoms with E-state index in [1.165, 1.54) is 38.8 Å². The minimum absolute atomic E-state index is 0.113. The van der Waals surface area contributed by atoms with Crippen molar-refractivity contribution in [1.29, 1.82) is 0 Å². The van der Waals surface area contributed by atoms with Crippen LogP contribution in [0.3, 0.4) is 0 Å². The quantitative estimate of drug-likeness (QED) is 0.365. The Hall–Kier alpha value is -4.20. The van der Waals surface area contributed by atoms with Crippen LogP contribution in [-0.4, -0.2) is 73.6 Å². The van der Waals surface area contributed by atoms with E-state index in [1.807, 2.05) is 6.92 Å². The summed E-state index contributed by atoms with van der Waals surface area (Å²) < 4.78 is 34.5. The standard InChI is InChI=1S/C24H24F2N8O3S/c1-13-12-38-19-7-14(18(37-24(25)26)8-16(19)29-13)21-17(10-33(31-21)11-20(35)32(2)3)30-23(36)15-9-28-34-6-4-5-27-22(15)34/h4-10,13,24,29H,11-12H2,1-3H3,(H,30,36). The largest absolute Gasteiger partial charge is 0.434 e. The summed E-state index contributed by atoms with van der Waals surface area (Å²) >= 11 is 1.57. The first kappa shape index (κ1) is 25.4. The van der Waals surface area contributed by atoms with Crippen LogP contribution in [0.2, 0.25) is 0 Å². The number of aromatic nitrogens is 5. The van der Waals surface area contributed by atoms with Crippen LogP contribution in [0.15, 0.2) is 47.9 Å². The molecule has 198 valence electrons. The maximum absolute atomic E-state index is 13.4. The Kier molecular flexibility index (Phi) is 6.89. The molecule has 0 spiro atoms. The summed E-state index contributed by atoms with van der Waals surface area (Å²) in [6, 6.07) is 5.02. The number of ether oxygens (including phenoxy) is 1. The summed E-state index contributed by atoms with van der Waals surface area (Å²) in [5.74, 6) is -0.110. The van der Waals surface area contributed by atoms with E-state index in [2.05, 4.69) is 25.8 Å². The highest BCUT2D eigenvalue weighted by atomic mass is 32.2. The van der Waals surface area contributed by atoms with Gasteiger partial charge < -0.3 is 20.3 Å². The van der Waals surface area contributed by atoms with E-state index < -0.39 is 12.5 Å². The van der Waals surface area contributed by atoms with Gasteiger partial charge in [-0.3, -0.25) is 14.3 Å². The molecule has 1 aromatic carbocycles. The van der Waals surface area contributed by atoms with Gasteiger partial charge in [-0.15, -0.1) is 11.8 Å². The first-order valence-corrected chi connectivity index (χ1v) is 12.6. The number of thioether (sulfide) groups is 1. The second-order valence-corrected chi connectivity index (χ2v) is 9.92. The van der Waals surface area contributed by atoms with Crippen molar-refractivity contribution in [2.75, 3.05) is 30.5 Å². The molecule has 14 heteroatoms. The topological polar surface area (TPSA) is 119 Å². The van der Waals surface area contributed by atoms with Crippen LogP contribution in [0.25, 0.3) is 16.9 Å². The average Bonchev–Trinajstić information content (AvgIpc) is 3.47. The minimum Gasteiger partial charge on any atom is -0.434 e. The van der Waals surface area contributed by atoms with Crippen LogP contribution in [0.4, 0.5) is 20.2 Å². The number of anilines is 2. The molecule has 4 heterocycles. The zero-order valence-corrected chi connectivity index (χ0v) is 21.5. The predicted octanol–water partition coefficient (Wildman–Crippen LogP) is 3.44. The Morgan fingerprint density at radius 1 is 1.34 bits per heavy atom. The van der Waals surface area contributed by atoms with Crippen molar-refractivity contribution in [2.24, 2.45) is 0 Å². The van der Waals surface area contributed by atoms with Gasteiger partial charge in [0.05, 0.1) is 17.6 Å². The lowest BCUT2D eigenvalue weighted by Gasteiger charge is -2.25. The minimum atomic E-state index is -3.08. The van der Waals surface area contributed by atoms with E-state index in [9.17, 15) is 18.4 Å². The monoisotopic (exact) mass is 542 g/mol. The van der Waals surface area contributed by atoms with Crippen molar-refractivity contribution in [1.82, 2.24) is 29.3 Å². The summed E-state index contributed by atoms with van der Waals surface area (Å²) in [5, 5.41) is 14.7. The number of nitrogens with zero attached hydrogens (tertiary/aromatic N) is 6. The van der Waals surface area contributed by atoms with Crippen molar-refractivity contribution >= 4 is 40.6 Å². The zero-order valence-electron chi connectivity index (χ0n) is 20.7. The highest BCUT2D eigenvalue weighted by Crippen LogP contribution is 2.44. The van der Waals surface area contributed by atoms with E-state index >= 15 is 0 Å². The fourth-order valence-electron chi connectivity index (χ4n) is 3.94. The molecule has 0 saturated heterocycles. The molecule has 1 atom stereocenters. The van der Waals surface area contributed by atoms with Gasteiger partial charge in [-0.25, -0.2) is 9.50 Å². The molecule has 4 aromatic rings. The lowest BCUT2D eigenvalue weighted by Crippen LogP contribution is -2.26. The lowest BCUT2D eigenvalue weighted by atomic mass is 10.1.